The summed E-state index contributed by atoms with van der Waals surface area (Å²) in [6, 6.07) is 2.57. The minimum absolute atomic E-state index is 0.0195. The molecule has 28 heavy (non-hydrogen) atoms. The topological polar surface area (TPSA) is 124 Å². The molecule has 0 saturated heterocycles. The van der Waals surface area contributed by atoms with E-state index in [0.717, 1.165) is 0 Å². The predicted octanol–water partition coefficient (Wildman–Crippen LogP) is 3.48. The van der Waals surface area contributed by atoms with Crippen LogP contribution in [0.2, 0.25) is 0 Å². The van der Waals surface area contributed by atoms with Gasteiger partial charge in [-0.2, -0.15) is 0 Å². The zero-order valence-corrected chi connectivity index (χ0v) is 15.7. The number of rotatable bonds is 3. The van der Waals surface area contributed by atoms with Gasteiger partial charge in [0.05, 0.1) is 17.1 Å². The summed E-state index contributed by atoms with van der Waals surface area (Å²) in [5.74, 6) is 0.549. The maximum Gasteiger partial charge on any atom is 0.296 e. The van der Waals surface area contributed by atoms with Crippen LogP contribution in [0.1, 0.15) is 53.8 Å². The van der Waals surface area contributed by atoms with Gasteiger partial charge in [-0.05, 0) is 18.8 Å². The number of nitrogens with zero attached hydrogens (tertiary/aromatic N) is 1. The molecular weight excluding hydrogens is 368 g/mol. The maximum atomic E-state index is 12.8. The molecule has 2 N–H and O–H groups in total. The van der Waals surface area contributed by atoms with E-state index in [1.807, 2.05) is 13.8 Å². The summed E-state index contributed by atoms with van der Waals surface area (Å²) in [5.41, 5.74) is 0.686. The maximum absolute atomic E-state index is 12.8. The van der Waals surface area contributed by atoms with Crippen LogP contribution >= 0.6 is 0 Å². The van der Waals surface area contributed by atoms with Gasteiger partial charge < -0.3 is 24.3 Å². The van der Waals surface area contributed by atoms with E-state index in [0.29, 0.717) is 35.5 Å². The number of hydrogen-bond donors (Lipinski definition) is 2. The van der Waals surface area contributed by atoms with Crippen LogP contribution in [-0.2, 0) is 6.42 Å². The fraction of sp³-hybridized carbons (Fsp3) is 0.421. The molecule has 0 spiro atoms. The fourth-order valence-electron chi connectivity index (χ4n) is 3.86. The number of fused-ring (bicyclic) bond motifs is 2. The second kappa shape index (κ2) is 6.23. The molecule has 1 amide bonds. The summed E-state index contributed by atoms with van der Waals surface area (Å²) in [5, 5.41) is 24.4. The number of aliphatic hydroxyl groups is 1. The quantitative estimate of drug-likeness (QED) is 0.609. The van der Waals surface area contributed by atoms with E-state index in [9.17, 15) is 20.0 Å². The van der Waals surface area contributed by atoms with Gasteiger partial charge in [-0.25, -0.2) is 0 Å². The van der Waals surface area contributed by atoms with Crippen LogP contribution in [0.4, 0.5) is 11.4 Å². The minimum atomic E-state index is -0.719. The largest absolute Gasteiger partial charge is 0.455 e. The highest BCUT2D eigenvalue weighted by atomic mass is 16.7. The van der Waals surface area contributed by atoms with Gasteiger partial charge in [0, 0.05) is 23.6 Å². The number of hydrogen-bond acceptors (Lipinski definition) is 7. The van der Waals surface area contributed by atoms with Gasteiger partial charge in [-0.15, -0.1) is 0 Å². The van der Waals surface area contributed by atoms with Crippen molar-refractivity contribution in [2.45, 2.75) is 39.7 Å². The van der Waals surface area contributed by atoms with Gasteiger partial charge in [0.15, 0.2) is 17.3 Å². The van der Waals surface area contributed by atoms with Crippen molar-refractivity contribution in [1.29, 1.82) is 0 Å². The highest BCUT2D eigenvalue weighted by Crippen LogP contribution is 2.44. The van der Waals surface area contributed by atoms with E-state index in [1.165, 1.54) is 12.1 Å². The molecule has 148 valence electrons. The van der Waals surface area contributed by atoms with Crippen LogP contribution in [0.3, 0.4) is 0 Å². The Morgan fingerprint density at radius 2 is 2.00 bits per heavy atom. The van der Waals surface area contributed by atoms with Gasteiger partial charge in [-0.1, -0.05) is 13.8 Å². The molecule has 2 aliphatic rings. The molecule has 9 nitrogen and oxygen atoms in total. The van der Waals surface area contributed by atoms with Gasteiger partial charge in [-0.3, -0.25) is 14.9 Å². The second-order valence-corrected chi connectivity index (χ2v) is 7.89. The molecule has 2 heterocycles. The lowest BCUT2D eigenvalue weighted by Gasteiger charge is -2.31. The Labute approximate surface area is 160 Å². The van der Waals surface area contributed by atoms with Crippen molar-refractivity contribution in [2.24, 2.45) is 5.41 Å². The summed E-state index contributed by atoms with van der Waals surface area (Å²) in [6.45, 7) is 5.70. The molecule has 0 radical (unpaired) electrons. The molecule has 4 rings (SSSR count). The number of anilines is 1. The van der Waals surface area contributed by atoms with E-state index in [-0.39, 0.29) is 35.1 Å². The predicted molar refractivity (Wildman–Crippen MR) is 97.7 cm³/mol. The zero-order chi connectivity index (χ0) is 20.2. The van der Waals surface area contributed by atoms with Crippen LogP contribution in [0, 0.1) is 22.5 Å². The van der Waals surface area contributed by atoms with Crippen molar-refractivity contribution in [3.05, 3.63) is 44.9 Å². The van der Waals surface area contributed by atoms with Crippen molar-refractivity contribution >= 4 is 17.3 Å². The molecule has 0 bridgehead atoms. The lowest BCUT2D eigenvalue weighted by molar-refractivity contribution is -0.384. The average Bonchev–Trinajstić information content (AvgIpc) is 3.16. The van der Waals surface area contributed by atoms with E-state index < -0.39 is 16.9 Å². The number of carbonyl (C=O) groups excluding carboxylic acids is 1. The van der Waals surface area contributed by atoms with E-state index in [4.69, 9.17) is 13.9 Å². The molecule has 1 unspecified atom stereocenters. The molecule has 0 saturated carbocycles. The van der Waals surface area contributed by atoms with Crippen molar-refractivity contribution in [3.63, 3.8) is 0 Å². The molecule has 1 aliphatic heterocycles. The normalized spacial score (nSPS) is 19.2. The number of furan rings is 1. The first kappa shape index (κ1) is 18.3. The number of aliphatic hydroxyl groups excluding tert-OH is 1. The smallest absolute Gasteiger partial charge is 0.296 e. The second-order valence-electron chi connectivity index (χ2n) is 7.89. The molecule has 1 atom stereocenters. The first-order valence-corrected chi connectivity index (χ1v) is 8.86. The zero-order valence-electron chi connectivity index (χ0n) is 15.7. The number of nitro benzene ring substituents is 1. The Morgan fingerprint density at radius 3 is 2.68 bits per heavy atom. The van der Waals surface area contributed by atoms with E-state index in [2.05, 4.69) is 5.32 Å². The van der Waals surface area contributed by atoms with Gasteiger partial charge in [0.1, 0.15) is 11.4 Å². The number of benzene rings is 1. The van der Waals surface area contributed by atoms with Crippen LogP contribution in [0.15, 0.2) is 16.5 Å². The highest BCUT2D eigenvalue weighted by Gasteiger charge is 2.37. The fourth-order valence-corrected chi connectivity index (χ4v) is 3.86. The van der Waals surface area contributed by atoms with Crippen LogP contribution in [-0.4, -0.2) is 22.7 Å². The summed E-state index contributed by atoms with van der Waals surface area (Å²) in [4.78, 5) is 23.6. The third-order valence-electron chi connectivity index (χ3n) is 5.13. The van der Waals surface area contributed by atoms with Gasteiger partial charge in [0.25, 0.3) is 11.6 Å². The Balaban J connectivity index is 1.68. The van der Waals surface area contributed by atoms with Crippen LogP contribution in [0.25, 0.3) is 0 Å². The van der Waals surface area contributed by atoms with Crippen LogP contribution in [0.5, 0.6) is 11.5 Å². The number of nitrogens with one attached hydrogen (secondary N) is 1. The van der Waals surface area contributed by atoms with Crippen molar-refractivity contribution < 1.29 is 28.7 Å². The number of ether oxygens (including phenoxy) is 2. The third-order valence-corrected chi connectivity index (χ3v) is 5.13. The number of nitro groups is 1. The van der Waals surface area contributed by atoms with E-state index in [1.54, 1.807) is 6.92 Å². The average molecular weight is 388 g/mol. The third kappa shape index (κ3) is 2.97. The minimum Gasteiger partial charge on any atom is -0.455 e. The van der Waals surface area contributed by atoms with Crippen molar-refractivity contribution in [3.8, 4) is 11.5 Å². The molecular formula is C19H20N2O7. The first-order valence-electron chi connectivity index (χ1n) is 8.86. The van der Waals surface area contributed by atoms with Gasteiger partial charge in [0.2, 0.25) is 6.79 Å². The lowest BCUT2D eigenvalue weighted by Crippen LogP contribution is -2.24. The highest BCUT2D eigenvalue weighted by molar-refractivity contribution is 6.05. The molecule has 1 aromatic heterocycles. The van der Waals surface area contributed by atoms with Crippen molar-refractivity contribution in [2.75, 3.05) is 12.1 Å². The molecule has 1 aromatic carbocycles. The van der Waals surface area contributed by atoms with E-state index >= 15 is 0 Å². The van der Waals surface area contributed by atoms with Gasteiger partial charge >= 0.3 is 0 Å². The summed E-state index contributed by atoms with van der Waals surface area (Å²) in [6.07, 6.45) is 0.441. The Morgan fingerprint density at radius 1 is 1.32 bits per heavy atom. The lowest BCUT2D eigenvalue weighted by atomic mass is 9.75. The number of amides is 1. The standard InChI is InChI=1S/C19H20N2O7/c1-9-16-12(22)6-19(2,3)7-15(16)28-17(9)18(23)20-10-4-13-14(27-8-26-13)5-11(10)21(24)25/h4-5,12,22H,6-8H2,1-3H3,(H,20,23). The molecule has 9 heteroatoms. The molecule has 2 aromatic rings. The Bertz CT molecular complexity index is 993. The first-order chi connectivity index (χ1) is 13.2. The van der Waals surface area contributed by atoms with Crippen molar-refractivity contribution in [1.82, 2.24) is 0 Å². The van der Waals surface area contributed by atoms with Crippen LogP contribution < -0.4 is 14.8 Å². The SMILES string of the molecule is Cc1c(C(=O)Nc2cc3c(cc2[N+](=O)[O-])OCO3)oc2c1C(O)CC(C)(C)C2. The Hall–Kier alpha value is -3.07. The summed E-state index contributed by atoms with van der Waals surface area (Å²) < 4.78 is 16.2. The monoisotopic (exact) mass is 388 g/mol. The number of carbonyl (C=O) groups is 1. The summed E-state index contributed by atoms with van der Waals surface area (Å²) >= 11 is 0. The molecule has 1 aliphatic carbocycles. The summed E-state index contributed by atoms with van der Waals surface area (Å²) in [7, 11) is 0. The molecule has 0 fully saturated rings. The Kier molecular flexibility index (Phi) is 4.07.